The first-order valence-electron chi connectivity index (χ1n) is 8.45. The van der Waals surface area contributed by atoms with Gasteiger partial charge in [0.05, 0.1) is 5.97 Å². The number of hydrogen-bond donors (Lipinski definition) is 2. The smallest absolute Gasteiger partial charge is 0.545 e. The second kappa shape index (κ2) is 9.68. The Kier molecular flexibility index (Phi) is 7.77. The molecule has 0 amide bonds. The van der Waals surface area contributed by atoms with E-state index >= 15 is 0 Å². The van der Waals surface area contributed by atoms with Gasteiger partial charge >= 0.3 is 51.4 Å². The van der Waals surface area contributed by atoms with Gasteiger partial charge in [-0.1, -0.05) is 5.16 Å². The number of phenols is 1. The van der Waals surface area contributed by atoms with Crippen molar-refractivity contribution in [1.29, 1.82) is 0 Å². The van der Waals surface area contributed by atoms with Crippen LogP contribution >= 0.6 is 0 Å². The third kappa shape index (κ3) is 4.96. The fourth-order valence-electron chi connectivity index (χ4n) is 2.85. The second-order valence-corrected chi connectivity index (χ2v) is 6.14. The average molecular weight is 425 g/mol. The number of phenolic OH excluding ortho intramolecular Hbond substituents is 1. The number of carboxylic acid groups (broad SMARTS) is 1. The summed E-state index contributed by atoms with van der Waals surface area (Å²) in [6, 6.07) is 7.62. The van der Waals surface area contributed by atoms with Gasteiger partial charge < -0.3 is 29.8 Å². The zero-order valence-corrected chi connectivity index (χ0v) is 19.0. The van der Waals surface area contributed by atoms with Gasteiger partial charge in [0.1, 0.15) is 23.0 Å². The van der Waals surface area contributed by atoms with Crippen molar-refractivity contribution in [3.63, 3.8) is 0 Å². The molecule has 0 fully saturated rings. The predicted octanol–water partition coefficient (Wildman–Crippen LogP) is -1.42. The number of aromatic carboxylic acids is 1. The van der Waals surface area contributed by atoms with Gasteiger partial charge in [-0.05, 0) is 31.2 Å². The minimum Gasteiger partial charge on any atom is -0.545 e. The molecule has 146 valence electrons. The van der Waals surface area contributed by atoms with Gasteiger partial charge in [-0.25, -0.2) is 4.39 Å². The summed E-state index contributed by atoms with van der Waals surface area (Å²) in [4.78, 5) is 23.8. The molecule has 1 atom stereocenters. The van der Waals surface area contributed by atoms with Crippen LogP contribution < -0.4 is 62.2 Å². The van der Waals surface area contributed by atoms with E-state index in [4.69, 9.17) is 10.3 Å². The molecule has 29 heavy (non-hydrogen) atoms. The summed E-state index contributed by atoms with van der Waals surface area (Å²) in [6.07, 6.45) is -1.27. The molecular formula is C19H17FKN3O5. The van der Waals surface area contributed by atoms with E-state index in [-0.39, 0.29) is 74.3 Å². The van der Waals surface area contributed by atoms with Gasteiger partial charge in [-0.2, -0.15) is 0 Å². The SMILES string of the molecule is CCn1cc(C(=O)C(F)Cc2cc(-c3ccc(O)cc3)no2)c(C(=O)[O-])c1N.[K+]. The number of aryl methyl sites for hydroxylation is 1. The molecule has 8 nitrogen and oxygen atoms in total. The van der Waals surface area contributed by atoms with Crippen molar-refractivity contribution in [1.82, 2.24) is 9.72 Å². The van der Waals surface area contributed by atoms with Crippen LogP contribution in [0.25, 0.3) is 11.3 Å². The predicted molar refractivity (Wildman–Crippen MR) is 95.4 cm³/mol. The van der Waals surface area contributed by atoms with Crippen molar-refractivity contribution >= 4 is 17.6 Å². The van der Waals surface area contributed by atoms with E-state index in [1.165, 1.54) is 29.0 Å². The maximum atomic E-state index is 14.6. The molecule has 0 aliphatic rings. The Hall–Kier alpha value is -1.98. The molecule has 2 aromatic heterocycles. The number of carboxylic acids is 1. The summed E-state index contributed by atoms with van der Waals surface area (Å²) < 4.78 is 21.0. The van der Waals surface area contributed by atoms with Gasteiger partial charge in [0.25, 0.3) is 0 Å². The zero-order valence-electron chi connectivity index (χ0n) is 15.9. The molecule has 0 saturated heterocycles. The van der Waals surface area contributed by atoms with Crippen molar-refractivity contribution in [2.24, 2.45) is 0 Å². The Morgan fingerprint density at radius 3 is 2.59 bits per heavy atom. The first-order valence-corrected chi connectivity index (χ1v) is 8.45. The van der Waals surface area contributed by atoms with Gasteiger partial charge in [0, 0.05) is 41.9 Å². The van der Waals surface area contributed by atoms with Crippen LogP contribution in [0.15, 0.2) is 41.1 Å². The van der Waals surface area contributed by atoms with E-state index in [9.17, 15) is 24.2 Å². The molecule has 0 aliphatic heterocycles. The molecule has 0 saturated carbocycles. The number of carbonyl (C=O) groups is 2. The Morgan fingerprint density at radius 2 is 2.00 bits per heavy atom. The molecule has 10 heteroatoms. The number of nitrogens with zero attached hydrogens (tertiary/aromatic N) is 2. The summed E-state index contributed by atoms with van der Waals surface area (Å²) in [5.74, 6) is -2.63. The van der Waals surface area contributed by atoms with Crippen LogP contribution in [0.2, 0.25) is 0 Å². The van der Waals surface area contributed by atoms with E-state index in [1.54, 1.807) is 19.1 Å². The van der Waals surface area contributed by atoms with Gasteiger partial charge in [-0.3, -0.25) is 4.79 Å². The van der Waals surface area contributed by atoms with E-state index in [0.717, 1.165) is 0 Å². The quantitative estimate of drug-likeness (QED) is 0.350. The van der Waals surface area contributed by atoms with Crippen molar-refractivity contribution in [2.75, 3.05) is 5.73 Å². The van der Waals surface area contributed by atoms with Crippen LogP contribution in [0.5, 0.6) is 5.75 Å². The summed E-state index contributed by atoms with van der Waals surface area (Å²) >= 11 is 0. The van der Waals surface area contributed by atoms with Crippen LogP contribution in [-0.2, 0) is 13.0 Å². The Morgan fingerprint density at radius 1 is 1.34 bits per heavy atom. The number of halogens is 1. The van der Waals surface area contributed by atoms with Crippen LogP contribution in [0.1, 0.15) is 33.4 Å². The topological polar surface area (TPSA) is 134 Å². The minimum absolute atomic E-state index is 0. The van der Waals surface area contributed by atoms with Crippen molar-refractivity contribution in [3.05, 3.63) is 53.4 Å². The molecule has 1 unspecified atom stereocenters. The number of ketones is 1. The molecule has 3 aromatic rings. The number of anilines is 1. The summed E-state index contributed by atoms with van der Waals surface area (Å²) in [5.41, 5.74) is 5.90. The fraction of sp³-hybridized carbons (Fsp3) is 0.211. The number of carbonyl (C=O) groups excluding carboxylic acids is 2. The standard InChI is InChI=1S/C19H18FN3O5.K/c1-2-23-9-13(16(18(23)21)19(26)27)17(25)14(20)7-12-8-15(22-28-12)10-3-5-11(24)6-4-10;/h3-6,8-9,14,24H,2,7,21H2,1H3,(H,26,27);/q;+1/p-1. The first kappa shape index (κ1) is 23.3. The molecule has 0 aliphatic carbocycles. The molecule has 2 heterocycles. The number of Topliss-reactive ketones (excluding diaryl/α,β-unsaturated/α-hetero) is 1. The summed E-state index contributed by atoms with van der Waals surface area (Å²) in [5, 5.41) is 24.4. The fourth-order valence-corrected chi connectivity index (χ4v) is 2.85. The van der Waals surface area contributed by atoms with Gasteiger partial charge in [0.2, 0.25) is 0 Å². The number of benzene rings is 1. The molecule has 0 bridgehead atoms. The monoisotopic (exact) mass is 425 g/mol. The number of hydrogen-bond acceptors (Lipinski definition) is 7. The van der Waals surface area contributed by atoms with E-state index in [2.05, 4.69) is 5.16 Å². The van der Waals surface area contributed by atoms with E-state index < -0.39 is 29.9 Å². The van der Waals surface area contributed by atoms with Crippen molar-refractivity contribution in [2.45, 2.75) is 26.1 Å². The van der Waals surface area contributed by atoms with E-state index in [0.29, 0.717) is 17.8 Å². The third-order valence-corrected chi connectivity index (χ3v) is 4.32. The van der Waals surface area contributed by atoms with Gasteiger partial charge in [0.15, 0.2) is 12.0 Å². The zero-order chi connectivity index (χ0) is 20.4. The largest absolute Gasteiger partial charge is 1.00 e. The Labute approximate surface area is 207 Å². The Balaban J connectivity index is 0.00000300. The maximum absolute atomic E-state index is 14.6. The summed E-state index contributed by atoms with van der Waals surface area (Å²) in [7, 11) is 0. The number of aromatic nitrogens is 2. The maximum Gasteiger partial charge on any atom is 1.00 e. The molecule has 0 radical (unpaired) electrons. The van der Waals surface area contributed by atoms with Gasteiger partial charge in [-0.15, -0.1) is 0 Å². The van der Waals surface area contributed by atoms with Crippen molar-refractivity contribution < 1.29 is 80.1 Å². The van der Waals surface area contributed by atoms with Crippen LogP contribution in [0, 0.1) is 0 Å². The van der Waals surface area contributed by atoms with Crippen molar-refractivity contribution in [3.8, 4) is 17.0 Å². The minimum atomic E-state index is -2.05. The van der Waals surface area contributed by atoms with Crippen LogP contribution in [0.4, 0.5) is 10.2 Å². The van der Waals surface area contributed by atoms with E-state index in [1.807, 2.05) is 0 Å². The first-order chi connectivity index (χ1) is 13.3. The molecule has 1 aromatic carbocycles. The number of nitrogen functional groups attached to an aromatic ring is 1. The molecular weight excluding hydrogens is 408 g/mol. The third-order valence-electron chi connectivity index (χ3n) is 4.32. The molecule has 0 spiro atoms. The second-order valence-electron chi connectivity index (χ2n) is 6.14. The number of nitrogens with two attached hydrogens (primary N) is 1. The molecule has 3 rings (SSSR count). The normalized spacial score (nSPS) is 11.7. The van der Waals surface area contributed by atoms with Crippen LogP contribution in [0.3, 0.4) is 0 Å². The Bertz CT molecular complexity index is 1030. The average Bonchev–Trinajstić information content (AvgIpc) is 3.25. The molecule has 3 N–H and O–H groups in total. The van der Waals surface area contributed by atoms with Crippen LogP contribution in [-0.4, -0.2) is 32.8 Å². The summed E-state index contributed by atoms with van der Waals surface area (Å²) in [6.45, 7) is 2.02. The number of alkyl halides is 1. The number of aromatic hydroxyl groups is 1. The number of rotatable bonds is 7.